The molecule has 7 rings (SSSR count). The summed E-state index contributed by atoms with van der Waals surface area (Å²) in [6.07, 6.45) is 0. The van der Waals surface area contributed by atoms with E-state index in [1.54, 1.807) is 0 Å². The van der Waals surface area contributed by atoms with Gasteiger partial charge in [-0.3, -0.25) is 0 Å². The molecule has 0 unspecified atom stereocenters. The van der Waals surface area contributed by atoms with Crippen molar-refractivity contribution in [3.8, 4) is 0 Å². The first-order chi connectivity index (χ1) is 28.7. The van der Waals surface area contributed by atoms with E-state index in [2.05, 4.69) is 261 Å². The summed E-state index contributed by atoms with van der Waals surface area (Å²) in [7, 11) is 7.44. The van der Waals surface area contributed by atoms with Gasteiger partial charge in [0, 0.05) is 13.1 Å². The van der Waals surface area contributed by atoms with E-state index in [0.29, 0.717) is 0 Å². The molecule has 0 aliphatic heterocycles. The monoisotopic (exact) mass is 1330 g/mol. The second-order valence-corrected chi connectivity index (χ2v) is 20.5. The van der Waals surface area contributed by atoms with Gasteiger partial charge in [0.1, 0.15) is 0 Å². The van der Waals surface area contributed by atoms with Crippen LogP contribution in [-0.2, 0) is 34.2 Å². The molecule has 11 heteroatoms. The molecule has 0 aromatic heterocycles. The minimum absolute atomic E-state index is 0. The van der Waals surface area contributed by atoms with Gasteiger partial charge in [-0.15, -0.1) is 57.5 Å². The van der Waals surface area contributed by atoms with E-state index in [0.717, 1.165) is 13.1 Å². The number of hydrogen-bond donors (Lipinski definition) is 0. The van der Waals surface area contributed by atoms with Crippen LogP contribution < -0.4 is 55.8 Å². The van der Waals surface area contributed by atoms with Gasteiger partial charge in [-0.05, 0) is 75.9 Å². The average molecular weight is 1330 g/mol. The third-order valence-electron chi connectivity index (χ3n) is 8.00. The van der Waals surface area contributed by atoms with E-state index >= 15 is 0 Å². The first kappa shape index (κ1) is 57.6. The van der Waals surface area contributed by atoms with E-state index in [-0.39, 0.29) is 55.7 Å². The van der Waals surface area contributed by atoms with Gasteiger partial charge in [0.2, 0.25) is 0 Å². The van der Waals surface area contributed by atoms with E-state index in [9.17, 15) is 0 Å². The Morgan fingerprint density at radius 2 is 0.590 bits per heavy atom. The molecule has 7 aromatic rings. The summed E-state index contributed by atoms with van der Waals surface area (Å²) in [4.78, 5) is 4.34. The third-order valence-corrected chi connectivity index (χ3v) is 13.5. The zero-order valence-corrected chi connectivity index (χ0v) is 46.1. The van der Waals surface area contributed by atoms with Crippen LogP contribution in [0.5, 0.6) is 0 Å². The van der Waals surface area contributed by atoms with Gasteiger partial charge in [0.25, 0.3) is 0 Å². The van der Waals surface area contributed by atoms with Crippen molar-refractivity contribution in [2.45, 2.75) is 13.1 Å². The van der Waals surface area contributed by atoms with Crippen LogP contribution >= 0.6 is 84.8 Å². The number of rotatable bonds is 10. The summed E-state index contributed by atoms with van der Waals surface area (Å²) in [5, 5.41) is 8.78. The summed E-state index contributed by atoms with van der Waals surface area (Å²) in [6.45, 7) is 1.91. The number of alkyl halides is 4. The molecule has 0 saturated heterocycles. The van der Waals surface area contributed by atoms with E-state index in [1.807, 2.05) is 0 Å². The zero-order chi connectivity index (χ0) is 42.7. The van der Waals surface area contributed by atoms with Crippen molar-refractivity contribution in [3.63, 3.8) is 0 Å². The Hall–Kier alpha value is -1.37. The minimum Gasteiger partial charge on any atom is -1.00 e. The molecule has 7 aromatic carbocycles. The van der Waals surface area contributed by atoms with Crippen LogP contribution in [0.4, 0.5) is 0 Å². The Bertz CT molecular complexity index is 1760. The third kappa shape index (κ3) is 22.9. The summed E-state index contributed by atoms with van der Waals surface area (Å²) in [5.41, 5.74) is 2.53. The Morgan fingerprint density at radius 3 is 0.754 bits per heavy atom. The minimum atomic E-state index is -0.446. The van der Waals surface area contributed by atoms with Crippen molar-refractivity contribution in [2.75, 3.05) is 38.9 Å². The van der Waals surface area contributed by atoms with Crippen LogP contribution in [0.1, 0.15) is 11.1 Å². The van der Waals surface area contributed by atoms with Crippen LogP contribution in [0.3, 0.4) is 0 Å². The molecule has 324 valence electrons. The van der Waals surface area contributed by atoms with Gasteiger partial charge in [0.05, 0.1) is 10.7 Å². The smallest absolute Gasteiger partial charge is 1.00 e. The summed E-state index contributed by atoms with van der Waals surface area (Å²) >= 11 is 21.4. The van der Waals surface area contributed by atoms with Crippen molar-refractivity contribution in [2.24, 2.45) is 0 Å². The first-order valence-electron chi connectivity index (χ1n) is 18.8. The fourth-order valence-corrected chi connectivity index (χ4v) is 11.2. The molecule has 0 spiro atoms. The molecule has 2 nitrogen and oxygen atoms in total. The quantitative estimate of drug-likeness (QED) is 0.0585. The Labute approximate surface area is 433 Å². The molecule has 61 heavy (non-hydrogen) atoms. The molecule has 0 atom stereocenters. The summed E-state index contributed by atoms with van der Waals surface area (Å²) in [5.74, 6) is 0. The van der Waals surface area contributed by atoms with Crippen molar-refractivity contribution in [1.29, 1.82) is 0 Å². The maximum atomic E-state index is 4.76. The van der Waals surface area contributed by atoms with E-state index < -0.39 is 15.8 Å². The normalized spacial score (nSPS) is 9.98. The molecule has 0 aliphatic carbocycles. The molecular weight excluding hydrogens is 1280 g/mol. The second kappa shape index (κ2) is 35.0. The Kier molecular flexibility index (Phi) is 33.0. The van der Waals surface area contributed by atoms with Gasteiger partial charge in [-0.25, -0.2) is 0 Å². The summed E-state index contributed by atoms with van der Waals surface area (Å²) in [6, 6.07) is 72.5. The number of halogens is 6. The van der Waals surface area contributed by atoms with Crippen molar-refractivity contribution in [3.05, 3.63) is 215 Å². The fraction of sp³-hybridized carbons (Fsp3) is 0.160. The standard InChI is InChI=1S/2C18H15P.C12H18IN2.2CH2Cl2.HI.Pt/c2*1-4-10-16(11-5-1)19(17-12-6-2-7-13-17)18-14-8-3-9-15-18;1-14(2)8-10-5-11(9-15(3)4)7-12(13)6-10;2*2-1-3;;/h2*1-15H;6-7H,8-9H2,1-4H3;2*1H2;1H;/q;;-1;;;;+2/p-1. The van der Waals surface area contributed by atoms with Crippen LogP contribution in [0, 0.1) is 9.64 Å². The van der Waals surface area contributed by atoms with Crippen LogP contribution in [0.15, 0.2) is 194 Å². The van der Waals surface area contributed by atoms with Crippen molar-refractivity contribution in [1.82, 2.24) is 9.80 Å². The molecular formula is C50H52Cl4I2N2P2Pt. The molecule has 0 amide bonds. The van der Waals surface area contributed by atoms with Crippen molar-refractivity contribution >= 4 is 117 Å². The second-order valence-electron chi connectivity index (χ2n) is 13.2. The molecule has 0 radical (unpaired) electrons. The van der Waals surface area contributed by atoms with Gasteiger partial charge < -0.3 is 33.8 Å². The Balaban J connectivity index is 0.000000425. The molecule has 0 aliphatic rings. The number of nitrogens with zero attached hydrogens (tertiary/aromatic N) is 2. The van der Waals surface area contributed by atoms with Crippen LogP contribution in [0.25, 0.3) is 0 Å². The largest absolute Gasteiger partial charge is 2.00 e. The van der Waals surface area contributed by atoms with Crippen LogP contribution in [0.2, 0.25) is 0 Å². The SMILES string of the molecule is CN(C)Cc1[c-]c(CN(C)C)cc(I)c1.ClCCl.ClCCl.[I-].[Pt+2].c1ccc(P(c2ccccc2)c2ccccc2)cc1.c1ccc(P(c2ccccc2)c2ccccc2)cc1. The maximum Gasteiger partial charge on any atom is 2.00 e. The molecule has 0 heterocycles. The van der Waals surface area contributed by atoms with Crippen molar-refractivity contribution < 1.29 is 45.0 Å². The molecule has 0 fully saturated rings. The Morgan fingerprint density at radius 1 is 0.410 bits per heavy atom. The maximum absolute atomic E-state index is 4.76. The number of hydrogen-bond acceptors (Lipinski definition) is 2. The molecule has 0 N–H and O–H groups in total. The predicted molar refractivity (Wildman–Crippen MR) is 276 cm³/mol. The van der Waals surface area contributed by atoms with Gasteiger partial charge in [-0.2, -0.15) is 18.2 Å². The molecule has 0 saturated carbocycles. The van der Waals surface area contributed by atoms with Gasteiger partial charge in [0.15, 0.2) is 0 Å². The zero-order valence-electron chi connectivity index (χ0n) is 34.7. The average Bonchev–Trinajstić information content (AvgIpc) is 3.24. The summed E-state index contributed by atoms with van der Waals surface area (Å²) < 4.78 is 1.29. The van der Waals surface area contributed by atoms with Gasteiger partial charge >= 0.3 is 21.1 Å². The van der Waals surface area contributed by atoms with E-state index in [4.69, 9.17) is 46.4 Å². The first-order valence-corrected chi connectivity index (χ1v) is 24.7. The topological polar surface area (TPSA) is 6.48 Å². The van der Waals surface area contributed by atoms with E-state index in [1.165, 1.54) is 46.5 Å². The van der Waals surface area contributed by atoms with Gasteiger partial charge in [-0.1, -0.05) is 208 Å². The molecule has 0 bridgehead atoms. The predicted octanol–water partition coefficient (Wildman–Crippen LogP) is 8.95. The fourth-order valence-electron chi connectivity index (χ4n) is 5.86. The number of benzene rings is 7. The van der Waals surface area contributed by atoms with Crippen LogP contribution in [-0.4, -0.2) is 48.7 Å².